The van der Waals surface area contributed by atoms with E-state index in [1.165, 1.54) is 0 Å². The van der Waals surface area contributed by atoms with E-state index in [4.69, 9.17) is 36.2 Å². The van der Waals surface area contributed by atoms with Gasteiger partial charge in [0.1, 0.15) is 0 Å². The summed E-state index contributed by atoms with van der Waals surface area (Å²) in [5.74, 6) is 1.96. The lowest BCUT2D eigenvalue weighted by Crippen LogP contribution is -2.10. The van der Waals surface area contributed by atoms with E-state index in [-0.39, 0.29) is 37.3 Å². The molecule has 0 bridgehead atoms. The van der Waals surface area contributed by atoms with Crippen molar-refractivity contribution < 1.29 is 74.0 Å². The fourth-order valence-corrected chi connectivity index (χ4v) is 8.58. The van der Waals surface area contributed by atoms with Crippen LogP contribution in [0.4, 0.5) is 0 Å². The van der Waals surface area contributed by atoms with Gasteiger partial charge in [0, 0.05) is 11.5 Å². The molecule has 4 atom stereocenters. The van der Waals surface area contributed by atoms with E-state index in [1.807, 2.05) is 41.5 Å². The Morgan fingerprint density at radius 2 is 0.620 bits per heavy atom. The molecule has 16 nitrogen and oxygen atoms in total. The number of hydrogen-bond donors (Lipinski definition) is 4. The summed E-state index contributed by atoms with van der Waals surface area (Å²) in [6.07, 6.45) is 7.84. The number of hydrogen-bond acceptors (Lipinski definition) is 14. The Hall–Kier alpha value is 1.14. The Morgan fingerprint density at radius 1 is 0.380 bits per heavy atom. The SMILES string of the molecule is CC(C)(C)CCOP(=O)(O)OCCOP(=O)(O)OCCCCCCSSCCCCCCOP(=O)(O)OCCOP(=O)(O)OCCC(C)(C)C. The molecule has 0 aromatic carbocycles. The first-order chi connectivity index (χ1) is 23.0. The molecule has 50 heavy (non-hydrogen) atoms. The van der Waals surface area contributed by atoms with Gasteiger partial charge >= 0.3 is 31.3 Å². The van der Waals surface area contributed by atoms with Crippen LogP contribution in [0.1, 0.15) is 106 Å². The number of unbranched alkanes of at least 4 members (excludes halogenated alkanes) is 6. The van der Waals surface area contributed by atoms with Gasteiger partial charge in [-0.3, -0.25) is 36.2 Å². The van der Waals surface area contributed by atoms with Crippen LogP contribution in [0.2, 0.25) is 0 Å². The zero-order chi connectivity index (χ0) is 38.2. The summed E-state index contributed by atoms with van der Waals surface area (Å²) in [5, 5.41) is 0. The standard InChI is InChI=1S/C28H62O16P4S2/c1-27(2,3)15-19-39-47(33,34)43-23-21-41-45(29,30)37-17-11-7-9-13-25-49-50-26-14-10-8-12-18-38-46(31,32)42-22-24-44-48(35,36)40-20-16-28(4,5)6/h7-26H2,1-6H3,(H,29,30)(H,31,32)(H,33,34)(H,35,36). The van der Waals surface area contributed by atoms with Gasteiger partial charge in [-0.15, -0.1) is 0 Å². The third kappa shape index (κ3) is 36.1. The van der Waals surface area contributed by atoms with Gasteiger partial charge in [0.2, 0.25) is 0 Å². The van der Waals surface area contributed by atoms with Gasteiger partial charge in [-0.25, -0.2) is 18.3 Å². The van der Waals surface area contributed by atoms with E-state index in [0.717, 1.165) is 50.0 Å². The molecule has 302 valence electrons. The van der Waals surface area contributed by atoms with E-state index in [9.17, 15) is 37.8 Å². The van der Waals surface area contributed by atoms with Gasteiger partial charge in [0.05, 0.1) is 52.9 Å². The second-order valence-corrected chi connectivity index (χ2v) is 22.1. The molecule has 0 saturated carbocycles. The van der Waals surface area contributed by atoms with E-state index in [0.29, 0.717) is 25.7 Å². The first-order valence-corrected chi connectivity index (χ1v) is 25.2. The smallest absolute Gasteiger partial charge is 0.302 e. The van der Waals surface area contributed by atoms with Crippen molar-refractivity contribution in [3.63, 3.8) is 0 Å². The maximum atomic E-state index is 11.9. The maximum Gasteiger partial charge on any atom is 0.472 e. The largest absolute Gasteiger partial charge is 0.472 e. The highest BCUT2D eigenvalue weighted by Crippen LogP contribution is 2.47. The molecule has 4 unspecified atom stereocenters. The van der Waals surface area contributed by atoms with E-state index in [2.05, 4.69) is 0 Å². The van der Waals surface area contributed by atoms with Crippen molar-refractivity contribution >= 4 is 52.9 Å². The van der Waals surface area contributed by atoms with Crippen LogP contribution in [0.15, 0.2) is 0 Å². The van der Waals surface area contributed by atoms with Crippen LogP contribution in [-0.4, -0.2) is 83.9 Å². The molecule has 0 rings (SSSR count). The van der Waals surface area contributed by atoms with Crippen LogP contribution in [-0.2, 0) is 54.5 Å². The van der Waals surface area contributed by atoms with Crippen molar-refractivity contribution in [1.29, 1.82) is 0 Å². The van der Waals surface area contributed by atoms with E-state index < -0.39 is 57.7 Å². The number of phosphoric acid groups is 4. The van der Waals surface area contributed by atoms with Gasteiger partial charge in [-0.1, -0.05) is 88.8 Å². The predicted molar refractivity (Wildman–Crippen MR) is 197 cm³/mol. The van der Waals surface area contributed by atoms with Crippen molar-refractivity contribution in [2.75, 3.05) is 64.4 Å². The third-order valence-electron chi connectivity index (χ3n) is 6.23. The number of rotatable bonds is 33. The summed E-state index contributed by atoms with van der Waals surface area (Å²) in [5.41, 5.74) is -0.133. The van der Waals surface area contributed by atoms with Crippen molar-refractivity contribution in [1.82, 2.24) is 0 Å². The normalized spacial score (nSPS) is 17.6. The van der Waals surface area contributed by atoms with Crippen LogP contribution in [0, 0.1) is 10.8 Å². The lowest BCUT2D eigenvalue weighted by molar-refractivity contribution is 0.0972. The highest BCUT2D eigenvalue weighted by Gasteiger charge is 2.26. The van der Waals surface area contributed by atoms with Crippen LogP contribution in [0.25, 0.3) is 0 Å². The molecule has 0 amide bonds. The minimum atomic E-state index is -4.29. The number of phosphoric ester groups is 4. The van der Waals surface area contributed by atoms with Crippen LogP contribution in [0.5, 0.6) is 0 Å². The topological polar surface area (TPSA) is 223 Å². The maximum absolute atomic E-state index is 11.9. The summed E-state index contributed by atoms with van der Waals surface area (Å²) in [7, 11) is -13.5. The van der Waals surface area contributed by atoms with E-state index in [1.54, 1.807) is 21.6 Å². The van der Waals surface area contributed by atoms with Crippen molar-refractivity contribution in [3.8, 4) is 0 Å². The summed E-state index contributed by atoms with van der Waals surface area (Å²) < 4.78 is 86.1. The zero-order valence-corrected chi connectivity index (χ0v) is 35.6. The molecule has 22 heteroatoms. The summed E-state index contributed by atoms with van der Waals surface area (Å²) in [4.78, 5) is 38.7. The fourth-order valence-electron chi connectivity index (χ4n) is 3.40. The van der Waals surface area contributed by atoms with Crippen molar-refractivity contribution in [2.45, 2.75) is 106 Å². The summed E-state index contributed by atoms with van der Waals surface area (Å²) in [6.45, 7) is 10.4. The summed E-state index contributed by atoms with van der Waals surface area (Å²) in [6, 6.07) is 0. The minimum Gasteiger partial charge on any atom is -0.302 e. The molecule has 0 aromatic rings. The first-order valence-electron chi connectivity index (χ1n) is 16.8. The highest BCUT2D eigenvalue weighted by atomic mass is 33.1. The Morgan fingerprint density at radius 3 is 0.900 bits per heavy atom. The molecular formula is C28H62O16P4S2. The molecule has 0 saturated heterocycles. The van der Waals surface area contributed by atoms with Gasteiger partial charge < -0.3 is 19.6 Å². The Labute approximate surface area is 307 Å². The van der Waals surface area contributed by atoms with Crippen LogP contribution < -0.4 is 0 Å². The van der Waals surface area contributed by atoms with Crippen LogP contribution in [0.3, 0.4) is 0 Å². The van der Waals surface area contributed by atoms with Crippen molar-refractivity contribution in [2.24, 2.45) is 10.8 Å². The fraction of sp³-hybridized carbons (Fsp3) is 1.00. The quantitative estimate of drug-likeness (QED) is 0.0275. The molecule has 0 aliphatic heterocycles. The molecular weight excluding hydrogens is 780 g/mol. The highest BCUT2D eigenvalue weighted by molar-refractivity contribution is 8.76. The average molecular weight is 843 g/mol. The van der Waals surface area contributed by atoms with Gasteiger partial charge in [-0.2, -0.15) is 0 Å². The second-order valence-electron chi connectivity index (χ2n) is 13.6. The Kier molecular flexibility index (Phi) is 27.5. The first kappa shape index (κ1) is 51.1. The summed E-state index contributed by atoms with van der Waals surface area (Å²) >= 11 is 0. The lowest BCUT2D eigenvalue weighted by atomic mass is 9.93. The van der Waals surface area contributed by atoms with Gasteiger partial charge in [0.15, 0.2) is 0 Å². The second kappa shape index (κ2) is 26.9. The molecule has 0 radical (unpaired) electrons. The average Bonchev–Trinajstić information content (AvgIpc) is 2.96. The molecule has 0 heterocycles. The lowest BCUT2D eigenvalue weighted by Gasteiger charge is -2.19. The molecule has 0 aliphatic rings. The van der Waals surface area contributed by atoms with Gasteiger partial charge in [-0.05, 0) is 49.4 Å². The Balaban J connectivity index is 3.64. The Bertz CT molecular complexity index is 991. The van der Waals surface area contributed by atoms with Crippen molar-refractivity contribution in [3.05, 3.63) is 0 Å². The molecule has 0 spiro atoms. The van der Waals surface area contributed by atoms with E-state index >= 15 is 0 Å². The molecule has 0 aromatic heterocycles. The van der Waals surface area contributed by atoms with Crippen LogP contribution >= 0.6 is 52.9 Å². The monoisotopic (exact) mass is 842 g/mol. The molecule has 0 fully saturated rings. The molecule has 0 aliphatic carbocycles. The predicted octanol–water partition coefficient (Wildman–Crippen LogP) is 8.90. The van der Waals surface area contributed by atoms with Gasteiger partial charge in [0.25, 0.3) is 0 Å². The minimum absolute atomic E-state index is 0.0454. The zero-order valence-electron chi connectivity index (χ0n) is 30.4. The third-order valence-corrected chi connectivity index (χ3v) is 12.9. The molecule has 4 N–H and O–H groups in total.